The van der Waals surface area contributed by atoms with Gasteiger partial charge >= 0.3 is 0 Å². The Balaban J connectivity index is 2.30. The molecule has 5 heteroatoms. The Bertz CT molecular complexity index is 656. The van der Waals surface area contributed by atoms with Gasteiger partial charge in [-0.15, -0.1) is 0 Å². The average Bonchev–Trinajstić information content (AvgIpc) is 2.43. The van der Waals surface area contributed by atoms with E-state index in [9.17, 15) is 14.5 Å². The zero-order valence-corrected chi connectivity index (χ0v) is 12.0. The Labute approximate surface area is 124 Å². The van der Waals surface area contributed by atoms with E-state index in [1.165, 1.54) is 18.2 Å². The summed E-state index contributed by atoms with van der Waals surface area (Å²) in [6.45, 7) is 0. The molecule has 0 amide bonds. The monoisotopic (exact) mass is 335 g/mol. The van der Waals surface area contributed by atoms with Crippen molar-refractivity contribution in [1.29, 1.82) is 0 Å². The van der Waals surface area contributed by atoms with Crippen LogP contribution < -0.4 is 0 Å². The molecule has 3 nitrogen and oxygen atoms in total. The third-order valence-corrected chi connectivity index (χ3v) is 3.38. The summed E-state index contributed by atoms with van der Waals surface area (Å²) < 4.78 is 13.7. The first-order valence-corrected chi connectivity index (χ1v) is 6.69. The van der Waals surface area contributed by atoms with E-state index >= 15 is 0 Å². The van der Waals surface area contributed by atoms with Gasteiger partial charge in [0, 0.05) is 6.08 Å². The average molecular weight is 336 g/mol. The van der Waals surface area contributed by atoms with Crippen LogP contribution >= 0.6 is 15.9 Å². The maximum absolute atomic E-state index is 13.4. The first-order valence-electron chi connectivity index (χ1n) is 5.90. The second-order valence-electron chi connectivity index (χ2n) is 4.23. The zero-order chi connectivity index (χ0) is 14.5. The Morgan fingerprint density at radius 3 is 2.55 bits per heavy atom. The summed E-state index contributed by atoms with van der Waals surface area (Å²) in [6.07, 6.45) is 1.59. The van der Waals surface area contributed by atoms with E-state index in [1.54, 1.807) is 6.07 Å². The molecule has 20 heavy (non-hydrogen) atoms. The summed E-state index contributed by atoms with van der Waals surface area (Å²) in [6, 6.07) is 13.6. The van der Waals surface area contributed by atoms with Crippen LogP contribution in [0.25, 0.3) is 6.08 Å². The Kier molecular flexibility index (Phi) is 4.63. The summed E-state index contributed by atoms with van der Waals surface area (Å²) in [7, 11) is 0. The summed E-state index contributed by atoms with van der Waals surface area (Å²) >= 11 is 3.05. The smallest absolute Gasteiger partial charge is 0.251 e. The van der Waals surface area contributed by atoms with Crippen molar-refractivity contribution >= 4 is 22.0 Å². The van der Waals surface area contributed by atoms with E-state index in [0.717, 1.165) is 5.56 Å². The molecule has 0 aliphatic heterocycles. The number of hydrogen-bond acceptors (Lipinski definition) is 2. The molecule has 2 aromatic carbocycles. The maximum atomic E-state index is 13.4. The summed E-state index contributed by atoms with van der Waals surface area (Å²) in [5.74, 6) is -0.443. The van der Waals surface area contributed by atoms with Crippen LogP contribution in [0.2, 0.25) is 0 Å². The lowest BCUT2D eigenvalue weighted by Gasteiger charge is -2.01. The van der Waals surface area contributed by atoms with Gasteiger partial charge in [-0.05, 0) is 39.2 Å². The minimum atomic E-state index is -0.443. The van der Waals surface area contributed by atoms with Crippen molar-refractivity contribution in [2.45, 2.75) is 6.42 Å². The molecular weight excluding hydrogens is 325 g/mol. The van der Waals surface area contributed by atoms with E-state index in [1.807, 2.05) is 30.3 Å². The lowest BCUT2D eigenvalue weighted by Crippen LogP contribution is -2.02. The van der Waals surface area contributed by atoms with Crippen LogP contribution in [0.1, 0.15) is 11.1 Å². The van der Waals surface area contributed by atoms with Gasteiger partial charge in [-0.2, -0.15) is 0 Å². The highest BCUT2D eigenvalue weighted by molar-refractivity contribution is 9.10. The standard InChI is InChI=1S/C15H11BrFNO2/c16-14-7-6-12(10-15(14)17)9-13(18(19)20)8-11-4-2-1-3-5-11/h1-7,9-10H,8H2/b13-9+. The molecule has 0 atom stereocenters. The summed E-state index contributed by atoms with van der Waals surface area (Å²) in [5, 5.41) is 11.1. The first-order chi connectivity index (χ1) is 9.56. The molecular formula is C15H11BrFNO2. The van der Waals surface area contributed by atoms with Gasteiger partial charge in [0.1, 0.15) is 5.82 Å². The van der Waals surface area contributed by atoms with Crippen molar-refractivity contribution in [1.82, 2.24) is 0 Å². The minimum Gasteiger partial charge on any atom is -0.259 e. The van der Waals surface area contributed by atoms with Crippen LogP contribution in [0.3, 0.4) is 0 Å². The Morgan fingerprint density at radius 1 is 1.25 bits per heavy atom. The maximum Gasteiger partial charge on any atom is 0.251 e. The second-order valence-corrected chi connectivity index (χ2v) is 5.08. The van der Waals surface area contributed by atoms with Crippen molar-refractivity contribution in [2.24, 2.45) is 0 Å². The molecule has 0 aliphatic rings. The van der Waals surface area contributed by atoms with Crippen LogP contribution in [0.4, 0.5) is 4.39 Å². The molecule has 0 heterocycles. The normalized spacial score (nSPS) is 11.4. The van der Waals surface area contributed by atoms with E-state index < -0.39 is 10.7 Å². The van der Waals surface area contributed by atoms with Crippen LogP contribution in [0, 0.1) is 15.9 Å². The number of hydrogen-bond donors (Lipinski definition) is 0. The third-order valence-electron chi connectivity index (χ3n) is 2.74. The van der Waals surface area contributed by atoms with Crippen LogP contribution in [-0.2, 0) is 6.42 Å². The van der Waals surface area contributed by atoms with Gasteiger partial charge in [0.15, 0.2) is 0 Å². The fourth-order valence-electron chi connectivity index (χ4n) is 1.77. The van der Waals surface area contributed by atoms with Crippen molar-refractivity contribution in [2.75, 3.05) is 0 Å². The zero-order valence-electron chi connectivity index (χ0n) is 10.4. The molecule has 0 bridgehead atoms. The predicted molar refractivity (Wildman–Crippen MR) is 79.2 cm³/mol. The number of nitro groups is 1. The fraction of sp³-hybridized carbons (Fsp3) is 0.0667. The van der Waals surface area contributed by atoms with Crippen molar-refractivity contribution in [3.63, 3.8) is 0 Å². The van der Waals surface area contributed by atoms with Crippen LogP contribution in [0.5, 0.6) is 0 Å². The first kappa shape index (κ1) is 14.4. The summed E-state index contributed by atoms with van der Waals surface area (Å²) in [5.41, 5.74) is 1.33. The third kappa shape index (κ3) is 3.74. The quantitative estimate of drug-likeness (QED) is 0.612. The molecule has 0 unspecified atom stereocenters. The minimum absolute atomic E-state index is 0.0259. The Hall–Kier alpha value is -2.01. The molecule has 102 valence electrons. The highest BCUT2D eigenvalue weighted by Gasteiger charge is 2.12. The molecule has 0 aromatic heterocycles. The Morgan fingerprint density at radius 2 is 1.95 bits per heavy atom. The topological polar surface area (TPSA) is 43.1 Å². The second kappa shape index (κ2) is 6.43. The van der Waals surface area contributed by atoms with Gasteiger partial charge < -0.3 is 0 Å². The lowest BCUT2D eigenvalue weighted by molar-refractivity contribution is -0.425. The molecule has 0 fully saturated rings. The van der Waals surface area contributed by atoms with Gasteiger partial charge in [0.05, 0.1) is 15.8 Å². The van der Waals surface area contributed by atoms with Crippen molar-refractivity contribution in [3.05, 3.63) is 85.8 Å². The highest BCUT2D eigenvalue weighted by Crippen LogP contribution is 2.19. The molecule has 0 saturated carbocycles. The van der Waals surface area contributed by atoms with Gasteiger partial charge in [0.25, 0.3) is 5.70 Å². The number of benzene rings is 2. The largest absolute Gasteiger partial charge is 0.259 e. The van der Waals surface area contributed by atoms with E-state index in [0.29, 0.717) is 10.0 Å². The summed E-state index contributed by atoms with van der Waals surface area (Å²) in [4.78, 5) is 10.7. The van der Waals surface area contributed by atoms with E-state index in [2.05, 4.69) is 15.9 Å². The number of halogens is 2. The van der Waals surface area contributed by atoms with Gasteiger partial charge in [-0.25, -0.2) is 4.39 Å². The fourth-order valence-corrected chi connectivity index (χ4v) is 2.01. The van der Waals surface area contributed by atoms with Crippen LogP contribution in [0.15, 0.2) is 58.7 Å². The van der Waals surface area contributed by atoms with Crippen molar-refractivity contribution < 1.29 is 9.31 Å². The van der Waals surface area contributed by atoms with Gasteiger partial charge in [-0.3, -0.25) is 10.1 Å². The molecule has 0 aliphatic carbocycles. The predicted octanol–water partition coefficient (Wildman–Crippen LogP) is 4.45. The molecule has 0 radical (unpaired) electrons. The molecule has 0 spiro atoms. The van der Waals surface area contributed by atoms with E-state index in [4.69, 9.17) is 0 Å². The lowest BCUT2D eigenvalue weighted by atomic mass is 10.1. The highest BCUT2D eigenvalue weighted by atomic mass is 79.9. The number of nitrogens with zero attached hydrogens (tertiary/aromatic N) is 1. The molecule has 0 N–H and O–H groups in total. The van der Waals surface area contributed by atoms with Gasteiger partial charge in [0.2, 0.25) is 0 Å². The SMILES string of the molecule is O=[N+]([O-])/C(=C/c1ccc(Br)c(F)c1)Cc1ccccc1. The van der Waals surface area contributed by atoms with Crippen molar-refractivity contribution in [3.8, 4) is 0 Å². The van der Waals surface area contributed by atoms with Gasteiger partial charge in [-0.1, -0.05) is 36.4 Å². The molecule has 2 rings (SSSR count). The number of rotatable bonds is 4. The molecule has 0 saturated heterocycles. The van der Waals surface area contributed by atoms with E-state index in [-0.39, 0.29) is 12.1 Å². The number of allylic oxidation sites excluding steroid dienone is 1. The van der Waals surface area contributed by atoms with Crippen LogP contribution in [-0.4, -0.2) is 4.92 Å². The molecule has 2 aromatic rings.